The second-order valence-corrected chi connectivity index (χ2v) is 5.78. The Morgan fingerprint density at radius 1 is 1.18 bits per heavy atom. The molecule has 8 heteroatoms. The van der Waals surface area contributed by atoms with Gasteiger partial charge >= 0.3 is 0 Å². The monoisotopic (exact) mass is 385 g/mol. The summed E-state index contributed by atoms with van der Waals surface area (Å²) < 4.78 is 10.4. The highest BCUT2D eigenvalue weighted by molar-refractivity contribution is 5.96. The molecule has 0 saturated carbocycles. The summed E-state index contributed by atoms with van der Waals surface area (Å²) in [5, 5.41) is 15.9. The van der Waals surface area contributed by atoms with Crippen LogP contribution >= 0.6 is 0 Å². The van der Waals surface area contributed by atoms with Crippen molar-refractivity contribution in [3.8, 4) is 17.2 Å². The van der Waals surface area contributed by atoms with E-state index in [1.807, 2.05) is 6.92 Å². The summed E-state index contributed by atoms with van der Waals surface area (Å²) in [5.74, 6) is 0.157. The van der Waals surface area contributed by atoms with E-state index in [0.717, 1.165) is 6.42 Å². The SMILES string of the molecule is CCCOc1ccc(C(=O)NCC(=O)NN=Cc2ccc(O)c(OC)c2)cc1. The number of nitrogens with one attached hydrogen (secondary N) is 2. The zero-order chi connectivity index (χ0) is 20.4. The van der Waals surface area contributed by atoms with E-state index in [1.165, 1.54) is 19.4 Å². The van der Waals surface area contributed by atoms with Gasteiger partial charge in [-0.1, -0.05) is 6.92 Å². The Balaban J connectivity index is 1.79. The van der Waals surface area contributed by atoms with Gasteiger partial charge in [0, 0.05) is 5.56 Å². The van der Waals surface area contributed by atoms with E-state index in [0.29, 0.717) is 29.2 Å². The lowest BCUT2D eigenvalue weighted by Crippen LogP contribution is -2.34. The Morgan fingerprint density at radius 2 is 1.93 bits per heavy atom. The minimum Gasteiger partial charge on any atom is -0.504 e. The summed E-state index contributed by atoms with van der Waals surface area (Å²) in [5.41, 5.74) is 3.37. The fraction of sp³-hybridized carbons (Fsp3) is 0.250. The number of phenolic OH excluding ortho intramolecular Hbond substituents is 1. The van der Waals surface area contributed by atoms with Gasteiger partial charge in [-0.05, 0) is 54.4 Å². The van der Waals surface area contributed by atoms with E-state index in [1.54, 1.807) is 36.4 Å². The fourth-order valence-electron chi connectivity index (χ4n) is 2.18. The number of carbonyl (C=O) groups is 2. The normalized spacial score (nSPS) is 10.5. The zero-order valence-electron chi connectivity index (χ0n) is 15.8. The summed E-state index contributed by atoms with van der Waals surface area (Å²) in [7, 11) is 1.44. The maximum absolute atomic E-state index is 12.1. The molecule has 8 nitrogen and oxygen atoms in total. The molecule has 0 unspecified atom stereocenters. The molecule has 148 valence electrons. The van der Waals surface area contributed by atoms with Gasteiger partial charge in [-0.15, -0.1) is 0 Å². The van der Waals surface area contributed by atoms with Crippen LogP contribution in [0.3, 0.4) is 0 Å². The standard InChI is InChI=1S/C20H23N3O5/c1-3-10-28-16-7-5-15(6-8-16)20(26)21-13-19(25)23-22-12-14-4-9-17(24)18(11-14)27-2/h4-9,11-12,24H,3,10,13H2,1-2H3,(H,21,26)(H,23,25). The van der Waals surface area contributed by atoms with Gasteiger partial charge in [0.05, 0.1) is 26.5 Å². The molecular weight excluding hydrogens is 362 g/mol. The zero-order valence-corrected chi connectivity index (χ0v) is 15.8. The lowest BCUT2D eigenvalue weighted by atomic mass is 10.2. The molecule has 0 spiro atoms. The Morgan fingerprint density at radius 3 is 2.61 bits per heavy atom. The van der Waals surface area contributed by atoms with E-state index in [-0.39, 0.29) is 18.2 Å². The van der Waals surface area contributed by atoms with Gasteiger partial charge in [-0.25, -0.2) is 5.43 Å². The molecule has 0 aliphatic carbocycles. The third-order valence-corrected chi connectivity index (χ3v) is 3.61. The topological polar surface area (TPSA) is 109 Å². The molecule has 0 aromatic heterocycles. The van der Waals surface area contributed by atoms with Crippen LogP contribution in [0.2, 0.25) is 0 Å². The predicted molar refractivity (Wildman–Crippen MR) is 105 cm³/mol. The lowest BCUT2D eigenvalue weighted by Gasteiger charge is -2.07. The van der Waals surface area contributed by atoms with E-state index in [4.69, 9.17) is 9.47 Å². The number of aromatic hydroxyl groups is 1. The van der Waals surface area contributed by atoms with Gasteiger partial charge in [0.25, 0.3) is 11.8 Å². The minimum atomic E-state index is -0.474. The average Bonchev–Trinajstić information content (AvgIpc) is 2.72. The number of benzene rings is 2. The number of methoxy groups -OCH3 is 1. The number of nitrogens with zero attached hydrogens (tertiary/aromatic N) is 1. The van der Waals surface area contributed by atoms with Gasteiger partial charge in [0.2, 0.25) is 0 Å². The van der Waals surface area contributed by atoms with Crippen molar-refractivity contribution in [3.05, 3.63) is 53.6 Å². The molecule has 2 aromatic carbocycles. The van der Waals surface area contributed by atoms with Crippen molar-refractivity contribution in [1.82, 2.24) is 10.7 Å². The number of amides is 2. The van der Waals surface area contributed by atoms with Crippen molar-refractivity contribution in [2.45, 2.75) is 13.3 Å². The highest BCUT2D eigenvalue weighted by atomic mass is 16.5. The van der Waals surface area contributed by atoms with Crippen LogP contribution in [0.15, 0.2) is 47.6 Å². The Labute approximate surface area is 163 Å². The molecule has 2 amide bonds. The van der Waals surface area contributed by atoms with E-state index in [9.17, 15) is 14.7 Å². The average molecular weight is 385 g/mol. The smallest absolute Gasteiger partial charge is 0.259 e. The first-order valence-electron chi connectivity index (χ1n) is 8.73. The second-order valence-electron chi connectivity index (χ2n) is 5.78. The van der Waals surface area contributed by atoms with Crippen molar-refractivity contribution < 1.29 is 24.2 Å². The second kappa shape index (κ2) is 10.6. The fourth-order valence-corrected chi connectivity index (χ4v) is 2.18. The number of hydrogen-bond acceptors (Lipinski definition) is 6. The number of carbonyl (C=O) groups excluding carboxylic acids is 2. The number of ether oxygens (including phenoxy) is 2. The van der Waals surface area contributed by atoms with Gasteiger partial charge in [0.15, 0.2) is 11.5 Å². The third kappa shape index (κ3) is 6.31. The van der Waals surface area contributed by atoms with Crippen LogP contribution in [-0.4, -0.2) is 43.4 Å². The van der Waals surface area contributed by atoms with Crippen LogP contribution in [0, 0.1) is 0 Å². The molecule has 0 fully saturated rings. The summed E-state index contributed by atoms with van der Waals surface area (Å²) >= 11 is 0. The van der Waals surface area contributed by atoms with Crippen LogP contribution in [-0.2, 0) is 4.79 Å². The van der Waals surface area contributed by atoms with Crippen LogP contribution in [0.5, 0.6) is 17.2 Å². The minimum absolute atomic E-state index is 0.0105. The molecule has 0 saturated heterocycles. The first kappa shape index (κ1) is 20.8. The van der Waals surface area contributed by atoms with Gasteiger partial charge in [-0.2, -0.15) is 5.10 Å². The molecule has 0 aliphatic heterocycles. The molecule has 2 rings (SSSR count). The first-order chi connectivity index (χ1) is 13.5. The van der Waals surface area contributed by atoms with Crippen molar-refractivity contribution in [2.75, 3.05) is 20.3 Å². The van der Waals surface area contributed by atoms with Gasteiger partial charge in [0.1, 0.15) is 5.75 Å². The first-order valence-corrected chi connectivity index (χ1v) is 8.73. The Hall–Kier alpha value is -3.55. The van der Waals surface area contributed by atoms with Crippen LogP contribution in [0.4, 0.5) is 0 Å². The van der Waals surface area contributed by atoms with Crippen molar-refractivity contribution in [1.29, 1.82) is 0 Å². The summed E-state index contributed by atoms with van der Waals surface area (Å²) in [4.78, 5) is 23.9. The van der Waals surface area contributed by atoms with Crippen molar-refractivity contribution in [3.63, 3.8) is 0 Å². The quantitative estimate of drug-likeness (QED) is 0.452. The third-order valence-electron chi connectivity index (χ3n) is 3.61. The maximum Gasteiger partial charge on any atom is 0.259 e. The summed E-state index contributed by atoms with van der Waals surface area (Å²) in [6.07, 6.45) is 2.30. The van der Waals surface area contributed by atoms with Crippen LogP contribution in [0.25, 0.3) is 0 Å². The van der Waals surface area contributed by atoms with Gasteiger partial charge < -0.3 is 19.9 Å². The summed E-state index contributed by atoms with van der Waals surface area (Å²) in [6.45, 7) is 2.41. The Bertz CT molecular complexity index is 834. The van der Waals surface area contributed by atoms with E-state index < -0.39 is 5.91 Å². The van der Waals surface area contributed by atoms with Gasteiger partial charge in [-0.3, -0.25) is 9.59 Å². The molecule has 2 aromatic rings. The molecule has 0 atom stereocenters. The predicted octanol–water partition coefficient (Wildman–Crippen LogP) is 2.07. The van der Waals surface area contributed by atoms with E-state index >= 15 is 0 Å². The number of phenols is 1. The molecule has 28 heavy (non-hydrogen) atoms. The molecule has 0 heterocycles. The molecular formula is C20H23N3O5. The number of hydrogen-bond donors (Lipinski definition) is 3. The molecule has 3 N–H and O–H groups in total. The Kier molecular flexibility index (Phi) is 7.83. The van der Waals surface area contributed by atoms with E-state index in [2.05, 4.69) is 15.8 Å². The molecule has 0 radical (unpaired) electrons. The highest BCUT2D eigenvalue weighted by Crippen LogP contribution is 2.25. The number of rotatable bonds is 9. The number of hydrazone groups is 1. The molecule has 0 bridgehead atoms. The van der Waals surface area contributed by atoms with Crippen LogP contribution < -0.4 is 20.2 Å². The van der Waals surface area contributed by atoms with Crippen LogP contribution in [0.1, 0.15) is 29.3 Å². The van der Waals surface area contributed by atoms with Crippen molar-refractivity contribution in [2.24, 2.45) is 5.10 Å². The largest absolute Gasteiger partial charge is 0.504 e. The van der Waals surface area contributed by atoms with Crippen molar-refractivity contribution >= 4 is 18.0 Å². The summed E-state index contributed by atoms with van der Waals surface area (Å²) in [6, 6.07) is 11.3. The highest BCUT2D eigenvalue weighted by Gasteiger charge is 2.08. The molecule has 0 aliphatic rings. The lowest BCUT2D eigenvalue weighted by molar-refractivity contribution is -0.120. The maximum atomic E-state index is 12.1.